The van der Waals surface area contributed by atoms with Crippen molar-refractivity contribution in [3.8, 4) is 0 Å². The van der Waals surface area contributed by atoms with Gasteiger partial charge in [-0.1, -0.05) is 37.3 Å². The quantitative estimate of drug-likeness (QED) is 0.767. The first-order valence-corrected chi connectivity index (χ1v) is 7.81. The second kappa shape index (κ2) is 8.06. The fraction of sp³-hybridized carbons (Fsp3) is 0.211. The van der Waals surface area contributed by atoms with Gasteiger partial charge < -0.3 is 11.1 Å². The Labute approximate surface area is 140 Å². The third-order valence-electron chi connectivity index (χ3n) is 3.69. The van der Waals surface area contributed by atoms with Crippen LogP contribution in [0.25, 0.3) is 0 Å². The smallest absolute Gasteiger partial charge is 0.248 e. The number of hydrogen-bond acceptors (Lipinski definition) is 3. The number of carbonyl (C=O) groups excluding carboxylic acids is 3. The monoisotopic (exact) mass is 324 g/mol. The molecule has 0 radical (unpaired) electrons. The molecule has 0 unspecified atom stereocenters. The Bertz CT molecular complexity index is 751. The SMILES string of the molecule is CCc1ccc(C(=O)CCC(=O)Nc2cccc(C(N)=O)c2)cc1. The van der Waals surface area contributed by atoms with Gasteiger partial charge in [0, 0.05) is 29.7 Å². The van der Waals surface area contributed by atoms with Crippen LogP contribution in [0.3, 0.4) is 0 Å². The predicted octanol–water partition coefficient (Wildman–Crippen LogP) is 2.95. The highest BCUT2D eigenvalue weighted by Gasteiger charge is 2.10. The van der Waals surface area contributed by atoms with Gasteiger partial charge in [0.1, 0.15) is 0 Å². The van der Waals surface area contributed by atoms with E-state index < -0.39 is 5.91 Å². The molecule has 0 aromatic heterocycles. The van der Waals surface area contributed by atoms with Gasteiger partial charge in [0.25, 0.3) is 0 Å². The molecule has 2 aromatic rings. The van der Waals surface area contributed by atoms with Crippen LogP contribution in [0, 0.1) is 0 Å². The molecule has 24 heavy (non-hydrogen) atoms. The number of amides is 2. The summed E-state index contributed by atoms with van der Waals surface area (Å²) in [7, 11) is 0. The average molecular weight is 324 g/mol. The highest BCUT2D eigenvalue weighted by atomic mass is 16.2. The molecule has 0 fully saturated rings. The maximum Gasteiger partial charge on any atom is 0.248 e. The summed E-state index contributed by atoms with van der Waals surface area (Å²) < 4.78 is 0. The van der Waals surface area contributed by atoms with E-state index in [-0.39, 0.29) is 24.5 Å². The Balaban J connectivity index is 1.89. The van der Waals surface area contributed by atoms with Crippen LogP contribution >= 0.6 is 0 Å². The van der Waals surface area contributed by atoms with E-state index in [9.17, 15) is 14.4 Å². The van der Waals surface area contributed by atoms with Crippen molar-refractivity contribution in [2.75, 3.05) is 5.32 Å². The topological polar surface area (TPSA) is 89.3 Å². The van der Waals surface area contributed by atoms with Gasteiger partial charge in [-0.05, 0) is 30.2 Å². The molecule has 0 saturated carbocycles. The van der Waals surface area contributed by atoms with Crippen LogP contribution in [0.5, 0.6) is 0 Å². The third kappa shape index (κ3) is 4.78. The molecule has 0 aliphatic rings. The Kier molecular flexibility index (Phi) is 5.84. The molecule has 0 aliphatic carbocycles. The summed E-state index contributed by atoms with van der Waals surface area (Å²) in [6, 6.07) is 13.8. The van der Waals surface area contributed by atoms with Gasteiger partial charge in [-0.25, -0.2) is 0 Å². The van der Waals surface area contributed by atoms with E-state index in [1.165, 1.54) is 11.6 Å². The van der Waals surface area contributed by atoms with Crippen molar-refractivity contribution in [2.45, 2.75) is 26.2 Å². The third-order valence-corrected chi connectivity index (χ3v) is 3.69. The second-order valence-corrected chi connectivity index (χ2v) is 5.47. The highest BCUT2D eigenvalue weighted by molar-refractivity contribution is 6.00. The molecule has 0 bridgehead atoms. The molecule has 0 saturated heterocycles. The van der Waals surface area contributed by atoms with Crippen molar-refractivity contribution in [3.63, 3.8) is 0 Å². The number of primary amides is 1. The first kappa shape index (κ1) is 17.4. The van der Waals surface area contributed by atoms with Gasteiger partial charge in [0.15, 0.2) is 5.78 Å². The fourth-order valence-corrected chi connectivity index (χ4v) is 2.27. The van der Waals surface area contributed by atoms with Crippen LogP contribution in [-0.4, -0.2) is 17.6 Å². The second-order valence-electron chi connectivity index (χ2n) is 5.47. The zero-order valence-corrected chi connectivity index (χ0v) is 13.5. The van der Waals surface area contributed by atoms with E-state index in [1.807, 2.05) is 19.1 Å². The van der Waals surface area contributed by atoms with E-state index in [4.69, 9.17) is 5.73 Å². The Morgan fingerprint density at radius 3 is 2.29 bits per heavy atom. The molecule has 0 spiro atoms. The van der Waals surface area contributed by atoms with Crippen LogP contribution < -0.4 is 11.1 Å². The van der Waals surface area contributed by atoms with E-state index in [0.29, 0.717) is 16.8 Å². The summed E-state index contributed by atoms with van der Waals surface area (Å²) in [5, 5.41) is 2.66. The number of hydrogen-bond donors (Lipinski definition) is 2. The van der Waals surface area contributed by atoms with Gasteiger partial charge in [0.2, 0.25) is 11.8 Å². The standard InChI is InChI=1S/C19H20N2O3/c1-2-13-6-8-14(9-7-13)17(22)10-11-18(23)21-16-5-3-4-15(12-16)19(20)24/h3-9,12H,2,10-11H2,1H3,(H2,20,24)(H,21,23). The predicted molar refractivity (Wildman–Crippen MR) is 93.0 cm³/mol. The lowest BCUT2D eigenvalue weighted by atomic mass is 10.0. The molecule has 0 atom stereocenters. The van der Waals surface area contributed by atoms with Crippen LogP contribution in [0.4, 0.5) is 5.69 Å². The normalized spacial score (nSPS) is 10.2. The molecule has 2 amide bonds. The average Bonchev–Trinajstić information content (AvgIpc) is 2.60. The van der Waals surface area contributed by atoms with E-state index in [2.05, 4.69) is 5.32 Å². The summed E-state index contributed by atoms with van der Waals surface area (Å²) in [5.41, 5.74) is 7.77. The number of nitrogens with two attached hydrogens (primary N) is 1. The number of nitrogens with one attached hydrogen (secondary N) is 1. The molecule has 0 heterocycles. The van der Waals surface area contributed by atoms with Crippen molar-refractivity contribution in [3.05, 3.63) is 65.2 Å². The maximum absolute atomic E-state index is 12.1. The molecule has 3 N–H and O–H groups in total. The van der Waals surface area contributed by atoms with Crippen LogP contribution in [0.15, 0.2) is 48.5 Å². The summed E-state index contributed by atoms with van der Waals surface area (Å²) in [5.74, 6) is -0.911. The van der Waals surface area contributed by atoms with E-state index in [1.54, 1.807) is 30.3 Å². The van der Waals surface area contributed by atoms with Gasteiger partial charge in [-0.15, -0.1) is 0 Å². The lowest BCUT2D eigenvalue weighted by molar-refractivity contribution is -0.116. The Morgan fingerprint density at radius 1 is 0.958 bits per heavy atom. The molecule has 5 nitrogen and oxygen atoms in total. The molecule has 2 rings (SSSR count). The van der Waals surface area contributed by atoms with Crippen molar-refractivity contribution in [2.24, 2.45) is 5.73 Å². The molecule has 2 aromatic carbocycles. The number of benzene rings is 2. The fourth-order valence-electron chi connectivity index (χ4n) is 2.27. The minimum Gasteiger partial charge on any atom is -0.366 e. The zero-order valence-electron chi connectivity index (χ0n) is 13.5. The number of Topliss-reactive ketones (excluding diaryl/α,β-unsaturated/α-hetero) is 1. The van der Waals surface area contributed by atoms with Gasteiger partial charge in [-0.2, -0.15) is 0 Å². The van der Waals surface area contributed by atoms with Crippen LogP contribution in [0.2, 0.25) is 0 Å². The molecule has 0 aliphatic heterocycles. The Morgan fingerprint density at radius 2 is 1.67 bits per heavy atom. The first-order chi connectivity index (χ1) is 11.5. The molecular formula is C19H20N2O3. The van der Waals surface area contributed by atoms with E-state index in [0.717, 1.165) is 6.42 Å². The number of aryl methyl sites for hydroxylation is 1. The summed E-state index contributed by atoms with van der Waals surface area (Å²) in [6.07, 6.45) is 1.13. The molecule has 124 valence electrons. The van der Waals surface area contributed by atoms with Crippen molar-refractivity contribution >= 4 is 23.3 Å². The highest BCUT2D eigenvalue weighted by Crippen LogP contribution is 2.12. The Hall–Kier alpha value is -2.95. The van der Waals surface area contributed by atoms with Crippen molar-refractivity contribution < 1.29 is 14.4 Å². The zero-order chi connectivity index (χ0) is 17.5. The van der Waals surface area contributed by atoms with Crippen molar-refractivity contribution in [1.29, 1.82) is 0 Å². The molecular weight excluding hydrogens is 304 g/mol. The summed E-state index contributed by atoms with van der Waals surface area (Å²) in [6.45, 7) is 2.05. The van der Waals surface area contributed by atoms with Crippen LogP contribution in [0.1, 0.15) is 46.0 Å². The number of anilines is 1. The lowest BCUT2D eigenvalue weighted by Crippen LogP contribution is -2.15. The largest absolute Gasteiger partial charge is 0.366 e. The number of carbonyl (C=O) groups is 3. The lowest BCUT2D eigenvalue weighted by Gasteiger charge is -2.06. The van der Waals surface area contributed by atoms with Gasteiger partial charge >= 0.3 is 0 Å². The van der Waals surface area contributed by atoms with Crippen molar-refractivity contribution in [1.82, 2.24) is 0 Å². The summed E-state index contributed by atoms with van der Waals surface area (Å²) in [4.78, 5) is 35.2. The number of ketones is 1. The maximum atomic E-state index is 12.1. The number of rotatable bonds is 7. The minimum absolute atomic E-state index is 0.0707. The van der Waals surface area contributed by atoms with Gasteiger partial charge in [-0.3, -0.25) is 14.4 Å². The minimum atomic E-state index is -0.559. The summed E-state index contributed by atoms with van der Waals surface area (Å²) >= 11 is 0. The first-order valence-electron chi connectivity index (χ1n) is 7.81. The van der Waals surface area contributed by atoms with E-state index >= 15 is 0 Å². The molecule has 5 heteroatoms. The van der Waals surface area contributed by atoms with Crippen LogP contribution in [-0.2, 0) is 11.2 Å². The van der Waals surface area contributed by atoms with Gasteiger partial charge in [0.05, 0.1) is 0 Å².